The number of fused-ring (bicyclic) bond motifs is 1. The number of aromatic nitrogens is 2. The summed E-state index contributed by atoms with van der Waals surface area (Å²) in [6.45, 7) is 6.13. The van der Waals surface area contributed by atoms with Crippen LogP contribution in [0, 0.1) is 11.3 Å². The average molecular weight is 537 g/mol. The SMILES string of the molecule is CC1(/C=N/C(=O)c2cnn(C3CCCC3)c2)CCCC(CNc2cc(C(C)(C)F)cc3ccc(Cl)cc23)C1. The molecular weight excluding hydrogens is 499 g/mol. The van der Waals surface area contributed by atoms with Crippen molar-refractivity contribution in [3.05, 3.63) is 58.9 Å². The Kier molecular flexibility index (Phi) is 7.63. The van der Waals surface area contributed by atoms with Crippen molar-refractivity contribution >= 4 is 40.2 Å². The van der Waals surface area contributed by atoms with Gasteiger partial charge in [-0.25, -0.2) is 9.38 Å². The number of amides is 1. The summed E-state index contributed by atoms with van der Waals surface area (Å²) < 4.78 is 16.8. The molecule has 202 valence electrons. The first-order chi connectivity index (χ1) is 18.1. The predicted molar refractivity (Wildman–Crippen MR) is 154 cm³/mol. The van der Waals surface area contributed by atoms with Crippen molar-refractivity contribution in [3.8, 4) is 0 Å². The number of aliphatic imine (C=N–C) groups is 1. The molecule has 1 N–H and O–H groups in total. The van der Waals surface area contributed by atoms with Crippen molar-refractivity contribution in [2.45, 2.75) is 83.8 Å². The van der Waals surface area contributed by atoms with E-state index in [0.717, 1.165) is 61.5 Å². The van der Waals surface area contributed by atoms with E-state index in [-0.39, 0.29) is 11.3 Å². The Hall–Kier alpha value is -2.73. The molecule has 3 aromatic rings. The molecule has 0 saturated heterocycles. The number of alkyl halides is 1. The topological polar surface area (TPSA) is 59.3 Å². The summed E-state index contributed by atoms with van der Waals surface area (Å²) in [7, 11) is 0. The summed E-state index contributed by atoms with van der Waals surface area (Å²) >= 11 is 6.30. The average Bonchev–Trinajstić information content (AvgIpc) is 3.58. The first kappa shape index (κ1) is 26.9. The third-order valence-corrected chi connectivity index (χ3v) is 8.58. The van der Waals surface area contributed by atoms with Gasteiger partial charge in [-0.05, 0) is 87.1 Å². The fourth-order valence-electron chi connectivity index (χ4n) is 6.13. The van der Waals surface area contributed by atoms with Gasteiger partial charge in [-0.2, -0.15) is 5.10 Å². The molecule has 2 aromatic carbocycles. The second kappa shape index (κ2) is 10.8. The molecule has 5 rings (SSSR count). The quantitative estimate of drug-likeness (QED) is 0.308. The number of carbonyl (C=O) groups is 1. The number of rotatable bonds is 7. The Morgan fingerprint density at radius 3 is 2.79 bits per heavy atom. The number of benzene rings is 2. The van der Waals surface area contributed by atoms with Crippen LogP contribution < -0.4 is 5.32 Å². The molecule has 1 heterocycles. The summed E-state index contributed by atoms with van der Waals surface area (Å²) in [5.74, 6) is 0.196. The van der Waals surface area contributed by atoms with Gasteiger partial charge < -0.3 is 5.32 Å². The number of anilines is 1. The van der Waals surface area contributed by atoms with Gasteiger partial charge in [0.05, 0.1) is 17.8 Å². The van der Waals surface area contributed by atoms with E-state index in [1.54, 1.807) is 20.0 Å². The molecule has 0 radical (unpaired) electrons. The molecule has 1 amide bonds. The van der Waals surface area contributed by atoms with E-state index in [0.29, 0.717) is 28.1 Å². The molecule has 7 heteroatoms. The number of hydrogen-bond acceptors (Lipinski definition) is 3. The van der Waals surface area contributed by atoms with Crippen LogP contribution in [0.4, 0.5) is 10.1 Å². The lowest BCUT2D eigenvalue weighted by atomic mass is 9.71. The lowest BCUT2D eigenvalue weighted by molar-refractivity contribution is 0.100. The second-order valence-electron chi connectivity index (χ2n) is 12.1. The third kappa shape index (κ3) is 6.12. The van der Waals surface area contributed by atoms with Gasteiger partial charge in [-0.3, -0.25) is 9.48 Å². The second-order valence-corrected chi connectivity index (χ2v) is 12.5. The molecule has 2 saturated carbocycles. The highest BCUT2D eigenvalue weighted by Crippen LogP contribution is 2.39. The van der Waals surface area contributed by atoms with Crippen LogP contribution >= 0.6 is 11.6 Å². The summed E-state index contributed by atoms with van der Waals surface area (Å²) in [5, 5.41) is 10.7. The normalized spacial score (nSPS) is 22.9. The van der Waals surface area contributed by atoms with Crippen LogP contribution in [0.1, 0.15) is 94.1 Å². The summed E-state index contributed by atoms with van der Waals surface area (Å²) in [6.07, 6.45) is 14.2. The van der Waals surface area contributed by atoms with Crippen LogP contribution in [0.5, 0.6) is 0 Å². The van der Waals surface area contributed by atoms with E-state index in [9.17, 15) is 9.18 Å². The minimum Gasteiger partial charge on any atom is -0.384 e. The Bertz CT molecular complexity index is 1340. The standard InChI is InChI=1S/C31H38ClFN4O/c1-30(2,33)24-13-22-10-11-25(32)15-27(22)28(14-24)34-17-21-7-6-12-31(3,16-21)20-35-29(38)23-18-36-37(19-23)26-8-4-5-9-26/h10-11,13-15,18-21,26,34H,4-9,12,16-17H2,1-3H3/b35-20+. The zero-order valence-electron chi connectivity index (χ0n) is 22.6. The lowest BCUT2D eigenvalue weighted by Crippen LogP contribution is -2.31. The van der Waals surface area contributed by atoms with E-state index in [1.165, 1.54) is 12.8 Å². The van der Waals surface area contributed by atoms with E-state index < -0.39 is 5.67 Å². The number of nitrogens with one attached hydrogen (secondary N) is 1. The van der Waals surface area contributed by atoms with Gasteiger partial charge in [-0.15, -0.1) is 0 Å². The molecule has 38 heavy (non-hydrogen) atoms. The van der Waals surface area contributed by atoms with E-state index >= 15 is 0 Å². The maximum Gasteiger partial charge on any atom is 0.279 e. The maximum absolute atomic E-state index is 14.9. The Morgan fingerprint density at radius 1 is 1.24 bits per heavy atom. The molecular formula is C31H38ClFN4O. The fraction of sp³-hybridized carbons (Fsp3) is 0.516. The highest BCUT2D eigenvalue weighted by molar-refractivity contribution is 6.31. The van der Waals surface area contributed by atoms with Crippen LogP contribution in [-0.2, 0) is 5.67 Å². The van der Waals surface area contributed by atoms with E-state index in [4.69, 9.17) is 11.6 Å². The van der Waals surface area contributed by atoms with Gasteiger partial charge in [0.2, 0.25) is 0 Å². The van der Waals surface area contributed by atoms with Crippen molar-refractivity contribution in [2.24, 2.45) is 16.3 Å². The molecule has 2 aliphatic carbocycles. The molecule has 1 aromatic heterocycles. The summed E-state index contributed by atoms with van der Waals surface area (Å²) in [5.41, 5.74) is 0.526. The van der Waals surface area contributed by atoms with Crippen LogP contribution in [0.2, 0.25) is 5.02 Å². The van der Waals surface area contributed by atoms with Gasteiger partial charge in [0.25, 0.3) is 5.91 Å². The molecule has 2 fully saturated rings. The summed E-state index contributed by atoms with van der Waals surface area (Å²) in [4.78, 5) is 17.2. The summed E-state index contributed by atoms with van der Waals surface area (Å²) in [6, 6.07) is 9.95. The zero-order chi connectivity index (χ0) is 26.9. The van der Waals surface area contributed by atoms with Crippen molar-refractivity contribution in [1.29, 1.82) is 0 Å². The third-order valence-electron chi connectivity index (χ3n) is 8.34. The van der Waals surface area contributed by atoms with Crippen LogP contribution in [0.3, 0.4) is 0 Å². The van der Waals surface area contributed by atoms with Crippen molar-refractivity contribution in [3.63, 3.8) is 0 Å². The van der Waals surface area contributed by atoms with Gasteiger partial charge in [0, 0.05) is 40.5 Å². The largest absolute Gasteiger partial charge is 0.384 e. The van der Waals surface area contributed by atoms with Crippen LogP contribution in [-0.4, -0.2) is 28.4 Å². The van der Waals surface area contributed by atoms with Crippen molar-refractivity contribution < 1.29 is 9.18 Å². The highest BCUT2D eigenvalue weighted by atomic mass is 35.5. The Balaban J connectivity index is 1.26. The monoisotopic (exact) mass is 536 g/mol. The minimum absolute atomic E-state index is 0.143. The number of nitrogens with zero attached hydrogens (tertiary/aromatic N) is 3. The minimum atomic E-state index is -1.44. The lowest BCUT2D eigenvalue weighted by Gasteiger charge is -2.35. The molecule has 2 unspecified atom stereocenters. The highest BCUT2D eigenvalue weighted by Gasteiger charge is 2.31. The van der Waals surface area contributed by atoms with Crippen molar-refractivity contribution in [1.82, 2.24) is 9.78 Å². The van der Waals surface area contributed by atoms with Gasteiger partial charge in [0.15, 0.2) is 0 Å². The zero-order valence-corrected chi connectivity index (χ0v) is 23.4. The molecule has 5 nitrogen and oxygen atoms in total. The predicted octanol–water partition coefficient (Wildman–Crippen LogP) is 8.53. The Morgan fingerprint density at radius 2 is 2.03 bits per heavy atom. The molecule has 0 spiro atoms. The van der Waals surface area contributed by atoms with Gasteiger partial charge >= 0.3 is 0 Å². The van der Waals surface area contributed by atoms with E-state index in [2.05, 4.69) is 22.3 Å². The number of carbonyl (C=O) groups excluding carboxylic acids is 1. The molecule has 0 aliphatic heterocycles. The van der Waals surface area contributed by atoms with Crippen molar-refractivity contribution in [2.75, 3.05) is 11.9 Å². The first-order valence-electron chi connectivity index (χ1n) is 13.9. The fourth-order valence-corrected chi connectivity index (χ4v) is 6.30. The maximum atomic E-state index is 14.9. The number of halogens is 2. The molecule has 2 aliphatic rings. The van der Waals surface area contributed by atoms with E-state index in [1.807, 2.05) is 47.4 Å². The van der Waals surface area contributed by atoms with Crippen LogP contribution in [0.15, 0.2) is 47.7 Å². The first-order valence-corrected chi connectivity index (χ1v) is 14.3. The number of hydrogen-bond donors (Lipinski definition) is 1. The smallest absolute Gasteiger partial charge is 0.279 e. The Labute approximate surface area is 229 Å². The van der Waals surface area contributed by atoms with Crippen LogP contribution in [0.25, 0.3) is 10.8 Å². The van der Waals surface area contributed by atoms with Gasteiger partial charge in [-0.1, -0.05) is 43.9 Å². The van der Waals surface area contributed by atoms with Gasteiger partial charge in [0.1, 0.15) is 5.67 Å². The molecule has 0 bridgehead atoms. The molecule has 2 atom stereocenters.